The van der Waals surface area contributed by atoms with Crippen molar-refractivity contribution in [2.24, 2.45) is 11.8 Å². The first-order valence-electron chi connectivity index (χ1n) is 7.91. The molecule has 1 heteroatoms. The quantitative estimate of drug-likeness (QED) is 0.723. The predicted molar refractivity (Wildman–Crippen MR) is 79.7 cm³/mol. The molecule has 1 nitrogen and oxygen atoms in total. The Kier molecular flexibility index (Phi) is 5.99. The topological polar surface area (TPSA) is 12.0 Å². The molecular weight excluding hydrogens is 218 g/mol. The average Bonchev–Trinajstić information content (AvgIpc) is 2.80. The maximum atomic E-state index is 3.79. The van der Waals surface area contributed by atoms with E-state index in [1.807, 2.05) is 0 Å². The molecule has 2 aliphatic carbocycles. The van der Waals surface area contributed by atoms with Crippen molar-refractivity contribution < 1.29 is 0 Å². The van der Waals surface area contributed by atoms with E-state index >= 15 is 0 Å². The Morgan fingerprint density at radius 1 is 1.06 bits per heavy atom. The highest BCUT2D eigenvalue weighted by molar-refractivity contribution is 4.96. The van der Waals surface area contributed by atoms with Gasteiger partial charge in [-0.05, 0) is 70.3 Å². The molecule has 102 valence electrons. The van der Waals surface area contributed by atoms with E-state index in [-0.39, 0.29) is 0 Å². The second-order valence-electron chi connectivity index (χ2n) is 6.08. The minimum Gasteiger partial charge on any atom is -0.313 e. The third-order valence-electron chi connectivity index (χ3n) is 4.53. The molecule has 0 heterocycles. The van der Waals surface area contributed by atoms with Crippen molar-refractivity contribution in [3.8, 4) is 0 Å². The second kappa shape index (κ2) is 7.78. The molecule has 0 fully saturated rings. The van der Waals surface area contributed by atoms with Crippen molar-refractivity contribution in [2.45, 2.75) is 64.3 Å². The summed E-state index contributed by atoms with van der Waals surface area (Å²) in [4.78, 5) is 0. The van der Waals surface area contributed by atoms with Crippen LogP contribution in [0.15, 0.2) is 24.3 Å². The molecule has 0 radical (unpaired) electrons. The van der Waals surface area contributed by atoms with Crippen LogP contribution in [0, 0.1) is 11.8 Å². The summed E-state index contributed by atoms with van der Waals surface area (Å²) in [7, 11) is 0. The molecule has 0 amide bonds. The van der Waals surface area contributed by atoms with E-state index in [1.165, 1.54) is 57.9 Å². The van der Waals surface area contributed by atoms with Gasteiger partial charge in [-0.3, -0.25) is 0 Å². The van der Waals surface area contributed by atoms with Crippen LogP contribution in [-0.2, 0) is 0 Å². The summed E-state index contributed by atoms with van der Waals surface area (Å²) >= 11 is 0. The number of allylic oxidation sites excluding steroid dienone is 3. The molecule has 1 N–H and O–H groups in total. The SMILES string of the molecule is CC(NCC1CC=CCCC1)[C@@H]1C=CCCCC1. The molecular formula is C17H29N. The molecule has 0 aromatic carbocycles. The van der Waals surface area contributed by atoms with Gasteiger partial charge in [0.25, 0.3) is 0 Å². The zero-order chi connectivity index (χ0) is 12.6. The zero-order valence-electron chi connectivity index (χ0n) is 11.9. The molecule has 0 aromatic heterocycles. The summed E-state index contributed by atoms with van der Waals surface area (Å²) in [5.41, 5.74) is 0. The van der Waals surface area contributed by atoms with Gasteiger partial charge in [0.1, 0.15) is 0 Å². The first-order valence-corrected chi connectivity index (χ1v) is 7.91. The van der Waals surface area contributed by atoms with Gasteiger partial charge in [0.2, 0.25) is 0 Å². The van der Waals surface area contributed by atoms with Crippen LogP contribution in [0.4, 0.5) is 0 Å². The molecule has 2 unspecified atom stereocenters. The Bertz CT molecular complexity index is 279. The van der Waals surface area contributed by atoms with Gasteiger partial charge in [-0.1, -0.05) is 30.7 Å². The van der Waals surface area contributed by atoms with E-state index in [4.69, 9.17) is 0 Å². The van der Waals surface area contributed by atoms with Crippen molar-refractivity contribution in [1.29, 1.82) is 0 Å². The van der Waals surface area contributed by atoms with Crippen LogP contribution < -0.4 is 5.32 Å². The van der Waals surface area contributed by atoms with Crippen LogP contribution in [0.25, 0.3) is 0 Å². The Morgan fingerprint density at radius 2 is 1.94 bits per heavy atom. The minimum atomic E-state index is 0.645. The Balaban J connectivity index is 1.72. The lowest BCUT2D eigenvalue weighted by Crippen LogP contribution is -2.36. The third-order valence-corrected chi connectivity index (χ3v) is 4.53. The third kappa shape index (κ3) is 4.61. The summed E-state index contributed by atoms with van der Waals surface area (Å²) in [5.74, 6) is 1.62. The lowest BCUT2D eigenvalue weighted by atomic mass is 9.94. The number of rotatable bonds is 4. The van der Waals surface area contributed by atoms with Gasteiger partial charge in [0.15, 0.2) is 0 Å². The fourth-order valence-electron chi connectivity index (χ4n) is 3.16. The highest BCUT2D eigenvalue weighted by atomic mass is 14.9. The lowest BCUT2D eigenvalue weighted by Gasteiger charge is -2.24. The summed E-state index contributed by atoms with van der Waals surface area (Å²) in [6.45, 7) is 3.57. The van der Waals surface area contributed by atoms with Crippen LogP contribution in [0.3, 0.4) is 0 Å². The van der Waals surface area contributed by atoms with Crippen molar-refractivity contribution in [1.82, 2.24) is 5.32 Å². The standard InChI is InChI=1S/C17H29N/c1-15(17-12-8-4-5-9-13-17)18-14-16-10-6-2-3-7-11-16/h2,6,8,12,15-18H,3-5,7,9-11,13-14H2,1H3/t15?,16?,17-/m1/s1. The highest BCUT2D eigenvalue weighted by Crippen LogP contribution is 2.21. The number of hydrogen-bond acceptors (Lipinski definition) is 1. The van der Waals surface area contributed by atoms with E-state index < -0.39 is 0 Å². The Morgan fingerprint density at radius 3 is 2.89 bits per heavy atom. The summed E-state index contributed by atoms with van der Waals surface area (Å²) < 4.78 is 0. The van der Waals surface area contributed by atoms with E-state index in [9.17, 15) is 0 Å². The second-order valence-corrected chi connectivity index (χ2v) is 6.08. The predicted octanol–water partition coefficient (Wildman–Crippen LogP) is 4.46. The van der Waals surface area contributed by atoms with Crippen LogP contribution in [0.2, 0.25) is 0 Å². The van der Waals surface area contributed by atoms with Crippen molar-refractivity contribution in [3.05, 3.63) is 24.3 Å². The maximum Gasteiger partial charge on any atom is 0.0102 e. The molecule has 2 aliphatic rings. The van der Waals surface area contributed by atoms with Gasteiger partial charge >= 0.3 is 0 Å². The van der Waals surface area contributed by atoms with Crippen LogP contribution in [-0.4, -0.2) is 12.6 Å². The smallest absolute Gasteiger partial charge is 0.0102 e. The minimum absolute atomic E-state index is 0.645. The molecule has 0 saturated carbocycles. The normalized spacial score (nSPS) is 30.7. The summed E-state index contributed by atoms with van der Waals surface area (Å²) in [6.07, 6.45) is 20.4. The van der Waals surface area contributed by atoms with Crippen LogP contribution in [0.1, 0.15) is 58.3 Å². The fourth-order valence-corrected chi connectivity index (χ4v) is 3.16. The number of hydrogen-bond donors (Lipinski definition) is 1. The Labute approximate surface area is 113 Å². The van der Waals surface area contributed by atoms with Crippen molar-refractivity contribution in [3.63, 3.8) is 0 Å². The summed E-state index contributed by atoms with van der Waals surface area (Å²) in [6, 6.07) is 0.645. The van der Waals surface area contributed by atoms with Gasteiger partial charge in [-0.25, -0.2) is 0 Å². The van der Waals surface area contributed by atoms with Gasteiger partial charge in [0.05, 0.1) is 0 Å². The largest absolute Gasteiger partial charge is 0.313 e. The number of nitrogens with one attached hydrogen (secondary N) is 1. The molecule has 0 aromatic rings. The van der Waals surface area contributed by atoms with Crippen LogP contribution in [0.5, 0.6) is 0 Å². The van der Waals surface area contributed by atoms with E-state index in [1.54, 1.807) is 0 Å². The van der Waals surface area contributed by atoms with E-state index in [0.29, 0.717) is 6.04 Å². The molecule has 3 atom stereocenters. The van der Waals surface area contributed by atoms with Gasteiger partial charge in [0, 0.05) is 6.04 Å². The van der Waals surface area contributed by atoms with Crippen molar-refractivity contribution in [2.75, 3.05) is 6.54 Å². The fraction of sp³-hybridized carbons (Fsp3) is 0.765. The van der Waals surface area contributed by atoms with Gasteiger partial charge in [-0.2, -0.15) is 0 Å². The monoisotopic (exact) mass is 247 g/mol. The molecule has 0 saturated heterocycles. The van der Waals surface area contributed by atoms with Gasteiger partial charge < -0.3 is 5.32 Å². The highest BCUT2D eigenvalue weighted by Gasteiger charge is 2.17. The molecule has 2 rings (SSSR count). The lowest BCUT2D eigenvalue weighted by molar-refractivity contribution is 0.360. The Hall–Kier alpha value is -0.560. The van der Waals surface area contributed by atoms with E-state index in [2.05, 4.69) is 36.5 Å². The zero-order valence-corrected chi connectivity index (χ0v) is 11.9. The molecule has 0 bridgehead atoms. The first kappa shape index (κ1) is 13.9. The van der Waals surface area contributed by atoms with E-state index in [0.717, 1.165) is 11.8 Å². The van der Waals surface area contributed by atoms with Crippen LogP contribution >= 0.6 is 0 Å². The maximum absolute atomic E-state index is 3.79. The molecule has 0 spiro atoms. The molecule has 0 aliphatic heterocycles. The van der Waals surface area contributed by atoms with Gasteiger partial charge in [-0.15, -0.1) is 0 Å². The molecule has 18 heavy (non-hydrogen) atoms. The summed E-state index contributed by atoms with van der Waals surface area (Å²) in [5, 5.41) is 3.79. The average molecular weight is 247 g/mol. The van der Waals surface area contributed by atoms with Crippen molar-refractivity contribution >= 4 is 0 Å². The first-order chi connectivity index (χ1) is 8.86.